The van der Waals surface area contributed by atoms with Gasteiger partial charge in [0.1, 0.15) is 5.60 Å². The number of rotatable bonds is 0. The molecule has 4 atom stereocenters. The predicted molar refractivity (Wildman–Crippen MR) is 62.0 cm³/mol. The van der Waals surface area contributed by atoms with Gasteiger partial charge in [0.2, 0.25) is 0 Å². The highest BCUT2D eigenvalue weighted by Gasteiger charge is 2.51. The second-order valence-electron chi connectivity index (χ2n) is 6.09. The Balaban J connectivity index is 2.07. The molecule has 2 bridgehead atoms. The topological polar surface area (TPSA) is 55.6 Å². The van der Waals surface area contributed by atoms with Crippen LogP contribution in [0.2, 0.25) is 0 Å². The summed E-state index contributed by atoms with van der Waals surface area (Å²) in [6.45, 7) is 7.78. The molecule has 2 fully saturated rings. The van der Waals surface area contributed by atoms with Crippen molar-refractivity contribution in [2.45, 2.75) is 64.3 Å². The molecule has 1 heterocycles. The van der Waals surface area contributed by atoms with Gasteiger partial charge in [-0.3, -0.25) is 0 Å². The lowest BCUT2D eigenvalue weighted by molar-refractivity contribution is 0.00735. The zero-order valence-electron chi connectivity index (χ0n) is 10.6. The maximum Gasteiger partial charge on any atom is 0.410 e. The van der Waals surface area contributed by atoms with Gasteiger partial charge in [0, 0.05) is 12.1 Å². The second kappa shape index (κ2) is 3.62. The summed E-state index contributed by atoms with van der Waals surface area (Å²) in [6.07, 6.45) is 1.88. The third-order valence-electron chi connectivity index (χ3n) is 3.70. The van der Waals surface area contributed by atoms with Gasteiger partial charge < -0.3 is 15.4 Å². The largest absolute Gasteiger partial charge is 0.444 e. The lowest BCUT2D eigenvalue weighted by atomic mass is 9.99. The summed E-state index contributed by atoms with van der Waals surface area (Å²) in [5.41, 5.74) is 5.60. The Hall–Kier alpha value is -0.770. The van der Waals surface area contributed by atoms with Crippen molar-refractivity contribution in [3.05, 3.63) is 0 Å². The standard InChI is InChI=1S/C12H22N2O2/c1-7-8-5-9(13)10(6-8)14(7)11(15)16-12(2,3)4/h7-10H,5-6,13H2,1-4H3. The number of nitrogens with zero attached hydrogens (tertiary/aromatic N) is 1. The van der Waals surface area contributed by atoms with E-state index >= 15 is 0 Å². The summed E-state index contributed by atoms with van der Waals surface area (Å²) in [4.78, 5) is 13.9. The van der Waals surface area contributed by atoms with E-state index in [1.807, 2.05) is 25.7 Å². The minimum absolute atomic E-state index is 0.133. The van der Waals surface area contributed by atoms with Crippen LogP contribution in [-0.4, -0.2) is 34.7 Å². The number of hydrogen-bond donors (Lipinski definition) is 1. The molecule has 1 saturated carbocycles. The van der Waals surface area contributed by atoms with E-state index in [1.165, 1.54) is 0 Å². The summed E-state index contributed by atoms with van der Waals surface area (Å²) >= 11 is 0. The zero-order chi connectivity index (χ0) is 12.1. The number of ether oxygens (including phenoxy) is 1. The van der Waals surface area contributed by atoms with E-state index in [0.717, 1.165) is 12.8 Å². The second-order valence-corrected chi connectivity index (χ2v) is 6.09. The molecule has 16 heavy (non-hydrogen) atoms. The lowest BCUT2D eigenvalue weighted by Gasteiger charge is -2.37. The average molecular weight is 226 g/mol. The number of nitrogens with two attached hydrogens (primary N) is 1. The lowest BCUT2D eigenvalue weighted by Crippen LogP contribution is -2.53. The summed E-state index contributed by atoms with van der Waals surface area (Å²) in [5.74, 6) is 0.563. The van der Waals surface area contributed by atoms with Gasteiger partial charge in [-0.15, -0.1) is 0 Å². The molecule has 1 aliphatic heterocycles. The summed E-state index contributed by atoms with van der Waals surface area (Å²) in [5, 5.41) is 0. The summed E-state index contributed by atoms with van der Waals surface area (Å²) in [6, 6.07) is 0.600. The van der Waals surface area contributed by atoms with Gasteiger partial charge in [0.05, 0.1) is 6.04 Å². The number of amides is 1. The molecule has 2 aliphatic rings. The minimum Gasteiger partial charge on any atom is -0.444 e. The average Bonchev–Trinajstić information content (AvgIpc) is 2.57. The SMILES string of the molecule is CC1C2CC(N)C(C2)N1C(=O)OC(C)(C)C. The first-order valence-corrected chi connectivity index (χ1v) is 6.06. The van der Waals surface area contributed by atoms with Crippen LogP contribution in [0.15, 0.2) is 0 Å². The van der Waals surface area contributed by atoms with E-state index in [2.05, 4.69) is 6.92 Å². The summed E-state index contributed by atoms with van der Waals surface area (Å²) < 4.78 is 5.42. The smallest absolute Gasteiger partial charge is 0.410 e. The fourth-order valence-corrected chi connectivity index (χ4v) is 2.95. The van der Waals surface area contributed by atoms with E-state index in [-0.39, 0.29) is 24.2 Å². The Labute approximate surface area is 97.1 Å². The zero-order valence-corrected chi connectivity index (χ0v) is 10.6. The molecule has 92 valence electrons. The van der Waals surface area contributed by atoms with E-state index in [9.17, 15) is 4.79 Å². The van der Waals surface area contributed by atoms with Crippen LogP contribution in [0.1, 0.15) is 40.5 Å². The van der Waals surface area contributed by atoms with Crippen molar-refractivity contribution in [2.75, 3.05) is 0 Å². The van der Waals surface area contributed by atoms with Crippen molar-refractivity contribution >= 4 is 6.09 Å². The van der Waals surface area contributed by atoms with E-state index < -0.39 is 5.60 Å². The molecule has 2 N–H and O–H groups in total. The molecule has 0 aromatic heterocycles. The predicted octanol–water partition coefficient (Wildman–Crippen LogP) is 1.73. The van der Waals surface area contributed by atoms with Gasteiger partial charge in [-0.2, -0.15) is 0 Å². The Kier molecular flexibility index (Phi) is 2.65. The highest BCUT2D eigenvalue weighted by molar-refractivity contribution is 5.70. The monoisotopic (exact) mass is 226 g/mol. The number of piperidine rings is 1. The van der Waals surface area contributed by atoms with Gasteiger partial charge in [0.15, 0.2) is 0 Å². The normalized spacial score (nSPS) is 37.9. The highest BCUT2D eigenvalue weighted by Crippen LogP contribution is 2.42. The van der Waals surface area contributed by atoms with Gasteiger partial charge in [-0.05, 0) is 46.5 Å². The van der Waals surface area contributed by atoms with Gasteiger partial charge in [-0.1, -0.05) is 0 Å². The van der Waals surface area contributed by atoms with E-state index in [4.69, 9.17) is 10.5 Å². The van der Waals surface area contributed by atoms with Crippen LogP contribution in [0.25, 0.3) is 0 Å². The number of likely N-dealkylation sites (tertiary alicyclic amines) is 1. The Morgan fingerprint density at radius 2 is 2.00 bits per heavy atom. The Morgan fingerprint density at radius 3 is 2.50 bits per heavy atom. The molecule has 0 spiro atoms. The molecule has 0 radical (unpaired) electrons. The third-order valence-corrected chi connectivity index (χ3v) is 3.70. The first-order chi connectivity index (χ1) is 7.29. The molecule has 4 nitrogen and oxygen atoms in total. The van der Waals surface area contributed by atoms with Gasteiger partial charge >= 0.3 is 6.09 Å². The van der Waals surface area contributed by atoms with Crippen LogP contribution < -0.4 is 5.73 Å². The van der Waals surface area contributed by atoms with E-state index in [1.54, 1.807) is 0 Å². The molecule has 4 heteroatoms. The molecule has 1 amide bonds. The van der Waals surface area contributed by atoms with Gasteiger partial charge in [0.25, 0.3) is 0 Å². The van der Waals surface area contributed by atoms with Crippen LogP contribution in [0, 0.1) is 5.92 Å². The van der Waals surface area contributed by atoms with Gasteiger partial charge in [-0.25, -0.2) is 4.79 Å². The first-order valence-electron chi connectivity index (χ1n) is 6.06. The van der Waals surface area contributed by atoms with Crippen LogP contribution in [-0.2, 0) is 4.74 Å². The quantitative estimate of drug-likeness (QED) is 0.684. The number of carbonyl (C=O) groups is 1. The van der Waals surface area contributed by atoms with Crippen molar-refractivity contribution in [3.8, 4) is 0 Å². The Morgan fingerprint density at radius 1 is 1.38 bits per heavy atom. The van der Waals surface area contributed by atoms with Crippen LogP contribution in [0.3, 0.4) is 0 Å². The fourth-order valence-electron chi connectivity index (χ4n) is 2.95. The van der Waals surface area contributed by atoms with Crippen molar-refractivity contribution in [1.82, 2.24) is 4.90 Å². The molecule has 0 aromatic carbocycles. The molecule has 2 rings (SSSR count). The number of carbonyl (C=O) groups excluding carboxylic acids is 1. The molecule has 0 aromatic rings. The maximum atomic E-state index is 12.1. The molecule has 1 saturated heterocycles. The van der Waals surface area contributed by atoms with Crippen molar-refractivity contribution < 1.29 is 9.53 Å². The highest BCUT2D eigenvalue weighted by atomic mass is 16.6. The van der Waals surface area contributed by atoms with E-state index in [0.29, 0.717) is 5.92 Å². The third kappa shape index (κ3) is 1.90. The van der Waals surface area contributed by atoms with Crippen molar-refractivity contribution in [1.29, 1.82) is 0 Å². The first kappa shape index (κ1) is 11.7. The van der Waals surface area contributed by atoms with Crippen molar-refractivity contribution in [2.24, 2.45) is 11.7 Å². The molecular formula is C12H22N2O2. The minimum atomic E-state index is -0.428. The molecular weight excluding hydrogens is 204 g/mol. The Bertz CT molecular complexity index is 298. The molecule has 4 unspecified atom stereocenters. The van der Waals surface area contributed by atoms with Crippen molar-refractivity contribution in [3.63, 3.8) is 0 Å². The van der Waals surface area contributed by atoms with Crippen LogP contribution in [0.4, 0.5) is 4.79 Å². The maximum absolute atomic E-state index is 12.1. The molecule has 1 aliphatic carbocycles. The number of hydrogen-bond acceptors (Lipinski definition) is 3. The van der Waals surface area contributed by atoms with Crippen LogP contribution >= 0.6 is 0 Å². The van der Waals surface area contributed by atoms with Crippen LogP contribution in [0.5, 0.6) is 0 Å². The number of fused-ring (bicyclic) bond motifs is 2. The fraction of sp³-hybridized carbons (Fsp3) is 0.917. The summed E-state index contributed by atoms with van der Waals surface area (Å²) in [7, 11) is 0.